The number of hydrogen-bond donors (Lipinski definition) is 1. The van der Waals surface area contributed by atoms with Crippen molar-refractivity contribution in [2.75, 3.05) is 31.1 Å². The van der Waals surface area contributed by atoms with E-state index in [4.69, 9.17) is 23.8 Å². The van der Waals surface area contributed by atoms with Crippen molar-refractivity contribution in [3.05, 3.63) is 29.3 Å². The first-order chi connectivity index (χ1) is 10.5. The molecule has 1 saturated heterocycles. The van der Waals surface area contributed by atoms with Crippen LogP contribution in [0.4, 0.5) is 5.69 Å². The number of aliphatic imine (C=N–C) groups is 1. The molecule has 126 valence electrons. The van der Waals surface area contributed by atoms with Crippen LogP contribution >= 0.6 is 35.6 Å². The molecule has 1 fully saturated rings. The van der Waals surface area contributed by atoms with E-state index in [1.165, 1.54) is 5.69 Å². The molecule has 1 aliphatic heterocycles. The lowest BCUT2D eigenvalue weighted by Crippen LogP contribution is -2.51. The van der Waals surface area contributed by atoms with Gasteiger partial charge >= 0.3 is 0 Å². The minimum absolute atomic E-state index is 0. The number of nitrogens with two attached hydrogens (primary N) is 1. The second kappa shape index (κ2) is 9.24. The van der Waals surface area contributed by atoms with Gasteiger partial charge in [0.15, 0.2) is 5.96 Å². The van der Waals surface area contributed by atoms with Crippen LogP contribution in [0.5, 0.6) is 0 Å². The topological polar surface area (TPSA) is 44.9 Å². The Morgan fingerprint density at radius 1 is 1.22 bits per heavy atom. The van der Waals surface area contributed by atoms with E-state index >= 15 is 0 Å². The van der Waals surface area contributed by atoms with Crippen molar-refractivity contribution in [1.82, 2.24) is 4.90 Å². The molecule has 4 nitrogen and oxygen atoms in total. The average molecular weight is 447 g/mol. The first-order valence-corrected chi connectivity index (χ1v) is 7.94. The van der Waals surface area contributed by atoms with Crippen LogP contribution in [0.3, 0.4) is 0 Å². The van der Waals surface area contributed by atoms with Crippen molar-refractivity contribution in [3.63, 3.8) is 0 Å². The van der Waals surface area contributed by atoms with Crippen molar-refractivity contribution in [2.24, 2.45) is 16.6 Å². The molecule has 1 unspecified atom stereocenters. The summed E-state index contributed by atoms with van der Waals surface area (Å²) >= 11 is 5.93. The fourth-order valence-electron chi connectivity index (χ4n) is 2.45. The average Bonchev–Trinajstić information content (AvgIpc) is 2.53. The molecule has 0 spiro atoms. The second-order valence-corrected chi connectivity index (χ2v) is 6.23. The lowest BCUT2D eigenvalue weighted by atomic mass is 10.1. The molecule has 0 bridgehead atoms. The van der Waals surface area contributed by atoms with Gasteiger partial charge in [0.2, 0.25) is 0 Å². The van der Waals surface area contributed by atoms with E-state index < -0.39 is 0 Å². The van der Waals surface area contributed by atoms with Gasteiger partial charge in [-0.05, 0) is 30.2 Å². The van der Waals surface area contributed by atoms with Crippen molar-refractivity contribution in [3.8, 4) is 12.3 Å². The minimum atomic E-state index is -0.158. The Labute approximate surface area is 161 Å². The molecule has 0 saturated carbocycles. The van der Waals surface area contributed by atoms with Crippen LogP contribution in [-0.2, 0) is 0 Å². The van der Waals surface area contributed by atoms with Crippen LogP contribution in [-0.4, -0.2) is 43.1 Å². The van der Waals surface area contributed by atoms with Gasteiger partial charge < -0.3 is 15.5 Å². The maximum atomic E-state index is 6.11. The lowest BCUT2D eigenvalue weighted by molar-refractivity contribution is 0.378. The Balaban J connectivity index is 0.00000264. The van der Waals surface area contributed by atoms with E-state index in [2.05, 4.69) is 34.6 Å². The number of rotatable bonds is 3. The van der Waals surface area contributed by atoms with Gasteiger partial charge in [-0.1, -0.05) is 31.4 Å². The summed E-state index contributed by atoms with van der Waals surface area (Å²) in [7, 11) is 0. The van der Waals surface area contributed by atoms with E-state index in [-0.39, 0.29) is 30.0 Å². The van der Waals surface area contributed by atoms with E-state index in [1.807, 2.05) is 24.3 Å². The molecule has 1 aliphatic rings. The number of piperazine rings is 1. The summed E-state index contributed by atoms with van der Waals surface area (Å²) in [6.45, 7) is 7.60. The van der Waals surface area contributed by atoms with Crippen molar-refractivity contribution in [2.45, 2.75) is 19.9 Å². The van der Waals surface area contributed by atoms with Crippen LogP contribution in [0.2, 0.25) is 5.02 Å². The van der Waals surface area contributed by atoms with Gasteiger partial charge in [-0.25, -0.2) is 4.99 Å². The fourth-order valence-corrected chi connectivity index (χ4v) is 2.57. The summed E-state index contributed by atoms with van der Waals surface area (Å²) in [6.07, 6.45) is 5.51. The van der Waals surface area contributed by atoms with E-state index in [0.29, 0.717) is 11.9 Å². The van der Waals surface area contributed by atoms with E-state index in [0.717, 1.165) is 31.2 Å². The molecule has 1 atom stereocenters. The Morgan fingerprint density at radius 3 is 2.26 bits per heavy atom. The van der Waals surface area contributed by atoms with Crippen molar-refractivity contribution >= 4 is 47.2 Å². The molecule has 0 aliphatic carbocycles. The first-order valence-electron chi connectivity index (χ1n) is 7.56. The van der Waals surface area contributed by atoms with Crippen molar-refractivity contribution < 1.29 is 0 Å². The number of halogens is 2. The molecule has 2 N–H and O–H groups in total. The highest BCUT2D eigenvalue weighted by Gasteiger charge is 2.19. The van der Waals surface area contributed by atoms with Gasteiger partial charge in [0.25, 0.3) is 0 Å². The maximum Gasteiger partial charge on any atom is 0.192 e. The molecule has 1 aromatic carbocycles. The Kier molecular flexibility index (Phi) is 8.00. The normalized spacial score (nSPS) is 16.7. The highest BCUT2D eigenvalue weighted by atomic mass is 127. The van der Waals surface area contributed by atoms with Gasteiger partial charge in [0.1, 0.15) is 6.04 Å². The van der Waals surface area contributed by atoms with Crippen molar-refractivity contribution in [1.29, 1.82) is 0 Å². The van der Waals surface area contributed by atoms with Crippen LogP contribution < -0.4 is 10.6 Å². The zero-order valence-corrected chi connectivity index (χ0v) is 16.7. The van der Waals surface area contributed by atoms with Gasteiger partial charge in [-0.2, -0.15) is 0 Å². The van der Waals surface area contributed by atoms with Crippen LogP contribution in [0.25, 0.3) is 0 Å². The second-order valence-electron chi connectivity index (χ2n) is 5.79. The molecule has 0 amide bonds. The monoisotopic (exact) mass is 446 g/mol. The third-order valence-electron chi connectivity index (χ3n) is 3.87. The summed E-state index contributed by atoms with van der Waals surface area (Å²) in [5.74, 6) is 3.53. The minimum Gasteiger partial charge on any atom is -0.370 e. The summed E-state index contributed by atoms with van der Waals surface area (Å²) in [6, 6.07) is 7.76. The first kappa shape index (κ1) is 19.9. The molecule has 2 rings (SSSR count). The number of anilines is 1. The van der Waals surface area contributed by atoms with Crippen LogP contribution in [0, 0.1) is 18.3 Å². The third-order valence-corrected chi connectivity index (χ3v) is 4.12. The Bertz CT molecular complexity index is 557. The molecular formula is C17H24ClIN4. The lowest BCUT2D eigenvalue weighted by Gasteiger charge is -2.37. The SMILES string of the molecule is C#CC(N=C(N)N1CCN(c2ccc(Cl)cc2)CC1)C(C)C.I. The third kappa shape index (κ3) is 5.47. The smallest absolute Gasteiger partial charge is 0.192 e. The predicted octanol–water partition coefficient (Wildman–Crippen LogP) is 3.05. The highest BCUT2D eigenvalue weighted by molar-refractivity contribution is 14.0. The van der Waals surface area contributed by atoms with Gasteiger partial charge in [0, 0.05) is 36.9 Å². The summed E-state index contributed by atoms with van der Waals surface area (Å²) in [5.41, 5.74) is 7.29. The molecule has 1 heterocycles. The predicted molar refractivity (Wildman–Crippen MR) is 110 cm³/mol. The van der Waals surface area contributed by atoms with E-state index in [1.54, 1.807) is 0 Å². The highest BCUT2D eigenvalue weighted by Crippen LogP contribution is 2.19. The number of guanidine groups is 1. The number of benzene rings is 1. The number of nitrogens with zero attached hydrogens (tertiary/aromatic N) is 3. The molecular weight excluding hydrogens is 423 g/mol. The molecule has 1 aromatic rings. The number of hydrogen-bond acceptors (Lipinski definition) is 2. The van der Waals surface area contributed by atoms with Gasteiger partial charge in [-0.3, -0.25) is 0 Å². The molecule has 0 radical (unpaired) electrons. The largest absolute Gasteiger partial charge is 0.370 e. The Hall–Kier alpha value is -1.13. The fraction of sp³-hybridized carbons (Fsp3) is 0.471. The quantitative estimate of drug-likeness (QED) is 0.336. The summed E-state index contributed by atoms with van der Waals surface area (Å²) < 4.78 is 0. The zero-order valence-electron chi connectivity index (χ0n) is 13.6. The van der Waals surface area contributed by atoms with Gasteiger partial charge in [-0.15, -0.1) is 30.4 Å². The molecule has 6 heteroatoms. The number of terminal acetylenes is 1. The van der Waals surface area contributed by atoms with Crippen LogP contribution in [0.1, 0.15) is 13.8 Å². The zero-order chi connectivity index (χ0) is 16.1. The summed E-state index contributed by atoms with van der Waals surface area (Å²) in [5, 5.41) is 0.757. The maximum absolute atomic E-state index is 6.11. The standard InChI is InChI=1S/C17H23ClN4.HI/c1-4-16(13(2)3)20-17(19)22-11-9-21(10-12-22)15-7-5-14(18)6-8-15;/h1,5-8,13,16H,9-12H2,2-3H3,(H2,19,20);1H. The molecule has 0 aromatic heterocycles. The van der Waals surface area contributed by atoms with Crippen LogP contribution in [0.15, 0.2) is 29.3 Å². The van der Waals surface area contributed by atoms with Gasteiger partial charge in [0.05, 0.1) is 0 Å². The van der Waals surface area contributed by atoms with E-state index in [9.17, 15) is 0 Å². The molecule has 23 heavy (non-hydrogen) atoms. The summed E-state index contributed by atoms with van der Waals surface area (Å²) in [4.78, 5) is 8.89. The Morgan fingerprint density at radius 2 is 1.78 bits per heavy atom.